The third-order valence-electron chi connectivity index (χ3n) is 3.08. The van der Waals surface area contributed by atoms with Crippen LogP contribution in [-0.2, 0) is 0 Å². The van der Waals surface area contributed by atoms with Gasteiger partial charge in [0.1, 0.15) is 5.75 Å². The van der Waals surface area contributed by atoms with Crippen LogP contribution in [0.3, 0.4) is 0 Å². The van der Waals surface area contributed by atoms with Gasteiger partial charge in [0, 0.05) is 12.0 Å². The zero-order chi connectivity index (χ0) is 13.7. The highest BCUT2D eigenvalue weighted by Crippen LogP contribution is 2.22. The zero-order valence-electron chi connectivity index (χ0n) is 11.3. The topological polar surface area (TPSA) is 26.3 Å². The Morgan fingerprint density at radius 3 is 2.21 bits per heavy atom. The van der Waals surface area contributed by atoms with Gasteiger partial charge in [0.2, 0.25) is 0 Å². The Balaban J connectivity index is 1.92. The summed E-state index contributed by atoms with van der Waals surface area (Å²) in [5.41, 5.74) is 2.95. The van der Waals surface area contributed by atoms with E-state index in [2.05, 4.69) is 0 Å². The Bertz CT molecular complexity index is 538. The Morgan fingerprint density at radius 1 is 0.947 bits per heavy atom. The van der Waals surface area contributed by atoms with Crippen molar-refractivity contribution in [3.8, 4) is 5.75 Å². The van der Waals surface area contributed by atoms with Gasteiger partial charge in [-0.2, -0.15) is 0 Å². The molecule has 0 saturated carbocycles. The van der Waals surface area contributed by atoms with Crippen LogP contribution in [0.15, 0.2) is 48.5 Å². The van der Waals surface area contributed by atoms with Crippen molar-refractivity contribution in [1.82, 2.24) is 0 Å². The molecule has 2 rings (SSSR count). The molecule has 2 aromatic carbocycles. The second kappa shape index (κ2) is 6.19. The molecule has 0 heterocycles. The van der Waals surface area contributed by atoms with Crippen molar-refractivity contribution in [3.05, 3.63) is 65.2 Å². The number of ether oxygens (including phenoxy) is 1. The molecule has 2 heteroatoms. The Kier molecular flexibility index (Phi) is 4.35. The maximum atomic E-state index is 11.9. The van der Waals surface area contributed by atoms with E-state index in [1.807, 2.05) is 62.4 Å². The minimum Gasteiger partial charge on any atom is -0.493 e. The average molecular weight is 254 g/mol. The minimum absolute atomic E-state index is 0.117. The maximum absolute atomic E-state index is 11.9. The van der Waals surface area contributed by atoms with Crippen LogP contribution in [0, 0.1) is 13.8 Å². The van der Waals surface area contributed by atoms with Crippen LogP contribution in [0.2, 0.25) is 0 Å². The molecule has 0 unspecified atom stereocenters. The van der Waals surface area contributed by atoms with E-state index in [0.717, 1.165) is 22.4 Å². The lowest BCUT2D eigenvalue weighted by Gasteiger charge is -2.11. The van der Waals surface area contributed by atoms with Crippen LogP contribution in [0.1, 0.15) is 27.9 Å². The molecule has 0 radical (unpaired) electrons. The predicted molar refractivity (Wildman–Crippen MR) is 76.8 cm³/mol. The predicted octanol–water partition coefficient (Wildman–Crippen LogP) is 3.96. The van der Waals surface area contributed by atoms with Crippen LogP contribution < -0.4 is 4.74 Å². The molecule has 2 nitrogen and oxygen atoms in total. The van der Waals surface area contributed by atoms with Gasteiger partial charge in [0.15, 0.2) is 5.78 Å². The molecular weight excluding hydrogens is 236 g/mol. The number of hydrogen-bond acceptors (Lipinski definition) is 2. The van der Waals surface area contributed by atoms with Crippen LogP contribution in [0.25, 0.3) is 0 Å². The Hall–Kier alpha value is -2.09. The number of hydrogen-bond donors (Lipinski definition) is 0. The third kappa shape index (κ3) is 3.44. The van der Waals surface area contributed by atoms with E-state index in [1.165, 1.54) is 0 Å². The lowest BCUT2D eigenvalue weighted by molar-refractivity contribution is 0.0962. The highest BCUT2D eigenvalue weighted by molar-refractivity contribution is 5.96. The molecule has 0 atom stereocenters. The van der Waals surface area contributed by atoms with Crippen molar-refractivity contribution >= 4 is 5.78 Å². The number of ketones is 1. The third-order valence-corrected chi connectivity index (χ3v) is 3.08. The smallest absolute Gasteiger partial charge is 0.166 e. The molecular formula is C17H18O2. The number of para-hydroxylation sites is 1. The van der Waals surface area contributed by atoms with Crippen molar-refractivity contribution in [3.63, 3.8) is 0 Å². The Morgan fingerprint density at radius 2 is 1.58 bits per heavy atom. The van der Waals surface area contributed by atoms with Crippen LogP contribution in [-0.4, -0.2) is 12.4 Å². The fraction of sp³-hybridized carbons (Fsp3) is 0.235. The van der Waals surface area contributed by atoms with E-state index in [0.29, 0.717) is 13.0 Å². The number of rotatable bonds is 5. The SMILES string of the molecule is Cc1cccc(C)c1OCCC(=O)c1ccccc1. The monoisotopic (exact) mass is 254 g/mol. The van der Waals surface area contributed by atoms with Gasteiger partial charge in [-0.15, -0.1) is 0 Å². The lowest BCUT2D eigenvalue weighted by atomic mass is 10.1. The molecule has 0 aromatic heterocycles. The number of carbonyl (C=O) groups excluding carboxylic acids is 1. The summed E-state index contributed by atoms with van der Waals surface area (Å²) in [5.74, 6) is 1.01. The van der Waals surface area contributed by atoms with Gasteiger partial charge in [-0.25, -0.2) is 0 Å². The Labute approximate surface area is 114 Å². The fourth-order valence-electron chi connectivity index (χ4n) is 2.04. The molecule has 0 aliphatic carbocycles. The summed E-state index contributed by atoms with van der Waals surface area (Å²) in [6.45, 7) is 4.45. The standard InChI is InChI=1S/C17H18O2/c1-13-7-6-8-14(2)17(13)19-12-11-16(18)15-9-4-3-5-10-15/h3-10H,11-12H2,1-2H3. The van der Waals surface area contributed by atoms with Crippen LogP contribution in [0.5, 0.6) is 5.75 Å². The van der Waals surface area contributed by atoms with E-state index in [1.54, 1.807) is 0 Å². The summed E-state index contributed by atoms with van der Waals surface area (Å²) in [6, 6.07) is 15.4. The van der Waals surface area contributed by atoms with Gasteiger partial charge in [-0.3, -0.25) is 4.79 Å². The molecule has 0 bridgehead atoms. The van der Waals surface area contributed by atoms with Gasteiger partial charge >= 0.3 is 0 Å². The lowest BCUT2D eigenvalue weighted by Crippen LogP contribution is -2.07. The average Bonchev–Trinajstić information content (AvgIpc) is 2.43. The first-order valence-electron chi connectivity index (χ1n) is 6.46. The number of benzene rings is 2. The second-order valence-electron chi connectivity index (χ2n) is 4.61. The van der Waals surface area contributed by atoms with E-state index in [9.17, 15) is 4.79 Å². The zero-order valence-corrected chi connectivity index (χ0v) is 11.3. The highest BCUT2D eigenvalue weighted by Gasteiger charge is 2.07. The molecule has 0 aliphatic rings. The van der Waals surface area contributed by atoms with Crippen molar-refractivity contribution < 1.29 is 9.53 Å². The first kappa shape index (κ1) is 13.3. The molecule has 19 heavy (non-hydrogen) atoms. The summed E-state index contributed by atoms with van der Waals surface area (Å²) in [4.78, 5) is 11.9. The van der Waals surface area contributed by atoms with Gasteiger partial charge in [0.05, 0.1) is 6.61 Å². The van der Waals surface area contributed by atoms with Gasteiger partial charge < -0.3 is 4.74 Å². The summed E-state index contributed by atoms with van der Waals surface area (Å²) in [6.07, 6.45) is 0.401. The molecule has 98 valence electrons. The second-order valence-corrected chi connectivity index (χ2v) is 4.61. The summed E-state index contributed by atoms with van der Waals surface area (Å²) in [7, 11) is 0. The fourth-order valence-corrected chi connectivity index (χ4v) is 2.04. The summed E-state index contributed by atoms with van der Waals surface area (Å²) < 4.78 is 5.74. The van der Waals surface area contributed by atoms with E-state index in [-0.39, 0.29) is 5.78 Å². The molecule has 2 aromatic rings. The van der Waals surface area contributed by atoms with Gasteiger partial charge in [-0.05, 0) is 25.0 Å². The first-order valence-corrected chi connectivity index (χ1v) is 6.46. The summed E-state index contributed by atoms with van der Waals surface area (Å²) >= 11 is 0. The van der Waals surface area contributed by atoms with Crippen molar-refractivity contribution in [2.24, 2.45) is 0 Å². The van der Waals surface area contributed by atoms with Crippen molar-refractivity contribution in [2.75, 3.05) is 6.61 Å². The van der Waals surface area contributed by atoms with E-state index >= 15 is 0 Å². The maximum Gasteiger partial charge on any atom is 0.166 e. The van der Waals surface area contributed by atoms with E-state index in [4.69, 9.17) is 4.74 Å². The summed E-state index contributed by atoms with van der Waals surface area (Å²) in [5, 5.41) is 0. The molecule has 0 saturated heterocycles. The van der Waals surface area contributed by atoms with Crippen molar-refractivity contribution in [1.29, 1.82) is 0 Å². The molecule has 0 fully saturated rings. The van der Waals surface area contributed by atoms with Crippen LogP contribution in [0.4, 0.5) is 0 Å². The number of carbonyl (C=O) groups is 1. The number of Topliss-reactive ketones (excluding diaryl/α,β-unsaturated/α-hetero) is 1. The van der Waals surface area contributed by atoms with Gasteiger partial charge in [-0.1, -0.05) is 48.5 Å². The minimum atomic E-state index is 0.117. The first-order chi connectivity index (χ1) is 9.18. The quantitative estimate of drug-likeness (QED) is 0.755. The molecule has 0 amide bonds. The molecule has 0 spiro atoms. The molecule has 0 aliphatic heterocycles. The van der Waals surface area contributed by atoms with Crippen LogP contribution >= 0.6 is 0 Å². The normalized spacial score (nSPS) is 10.2. The highest BCUT2D eigenvalue weighted by atomic mass is 16.5. The van der Waals surface area contributed by atoms with Gasteiger partial charge in [0.25, 0.3) is 0 Å². The molecule has 0 N–H and O–H groups in total. The van der Waals surface area contributed by atoms with Crippen molar-refractivity contribution in [2.45, 2.75) is 20.3 Å². The van der Waals surface area contributed by atoms with E-state index < -0.39 is 0 Å². The largest absolute Gasteiger partial charge is 0.493 e. The number of aryl methyl sites for hydroxylation is 2.